The second-order valence-electron chi connectivity index (χ2n) is 9.02. The van der Waals surface area contributed by atoms with E-state index >= 15 is 0 Å². The number of nitrogens with zero attached hydrogens (tertiary/aromatic N) is 3. The number of rotatable bonds is 7. The molecule has 1 aliphatic carbocycles. The van der Waals surface area contributed by atoms with Gasteiger partial charge >= 0.3 is 0 Å². The molecule has 4 aromatic rings. The summed E-state index contributed by atoms with van der Waals surface area (Å²) in [5, 5.41) is 0. The van der Waals surface area contributed by atoms with Gasteiger partial charge in [-0.25, -0.2) is 0 Å². The van der Waals surface area contributed by atoms with Crippen LogP contribution in [-0.4, -0.2) is 28.8 Å². The summed E-state index contributed by atoms with van der Waals surface area (Å²) >= 11 is 0. The molecule has 0 unspecified atom stereocenters. The normalized spacial score (nSPS) is 14.8. The number of pyridine rings is 3. The SMILES string of the molecule is COc1ccccc1/C(=C(\B(c1ccccn1)c1ccccn1)c1ccccn1)C1CCCCC1. The Kier molecular flexibility index (Phi) is 7.33. The standard InChI is InChI=1S/C30H30BN3O/c1-35-26-17-6-5-15-24(26)29(23-13-3-2-4-14-23)30(25-16-7-10-20-32-25)31(27-18-8-11-21-33-27)28-19-9-12-22-34-28/h5-12,15-23H,2-4,13-14H2,1H3/b30-29-. The summed E-state index contributed by atoms with van der Waals surface area (Å²) in [7, 11) is 1.76. The molecule has 3 heterocycles. The Hall–Kier alpha value is -3.73. The van der Waals surface area contributed by atoms with Gasteiger partial charge in [0.05, 0.1) is 12.8 Å². The fourth-order valence-corrected chi connectivity index (χ4v) is 5.35. The van der Waals surface area contributed by atoms with Gasteiger partial charge in [0.2, 0.25) is 0 Å². The van der Waals surface area contributed by atoms with Gasteiger partial charge < -0.3 is 4.74 Å². The van der Waals surface area contributed by atoms with Crippen molar-refractivity contribution in [1.82, 2.24) is 15.0 Å². The van der Waals surface area contributed by atoms with Gasteiger partial charge in [-0.1, -0.05) is 55.7 Å². The summed E-state index contributed by atoms with van der Waals surface area (Å²) in [5.74, 6) is 1.30. The number of hydrogen-bond acceptors (Lipinski definition) is 4. The molecule has 5 rings (SSSR count). The highest BCUT2D eigenvalue weighted by molar-refractivity contribution is 6.99. The average molecular weight is 459 g/mol. The summed E-state index contributed by atoms with van der Waals surface area (Å²) in [6.45, 7) is -0.158. The van der Waals surface area contributed by atoms with Gasteiger partial charge in [0, 0.05) is 35.3 Å². The zero-order valence-corrected chi connectivity index (χ0v) is 20.2. The number of hydrogen-bond donors (Lipinski definition) is 0. The number of allylic oxidation sites excluding steroid dienone is 1. The number of para-hydroxylation sites is 1. The first-order chi connectivity index (χ1) is 17.4. The third-order valence-corrected chi connectivity index (χ3v) is 6.90. The summed E-state index contributed by atoms with van der Waals surface area (Å²) in [5.41, 5.74) is 6.51. The van der Waals surface area contributed by atoms with Crippen molar-refractivity contribution in [2.45, 2.75) is 32.1 Å². The Bertz CT molecular complexity index is 1220. The van der Waals surface area contributed by atoms with Gasteiger partial charge in [-0.2, -0.15) is 0 Å². The van der Waals surface area contributed by atoms with Crippen molar-refractivity contribution < 1.29 is 4.74 Å². The van der Waals surface area contributed by atoms with Crippen molar-refractivity contribution in [2.75, 3.05) is 7.11 Å². The Morgan fingerprint density at radius 3 is 1.89 bits per heavy atom. The smallest absolute Gasteiger partial charge is 0.290 e. The molecule has 0 atom stereocenters. The van der Waals surface area contributed by atoms with Crippen LogP contribution < -0.4 is 15.9 Å². The zero-order chi connectivity index (χ0) is 23.9. The van der Waals surface area contributed by atoms with Crippen molar-refractivity contribution in [3.05, 3.63) is 109 Å². The number of ether oxygens (including phenoxy) is 1. The molecule has 1 aromatic carbocycles. The van der Waals surface area contributed by atoms with Gasteiger partial charge in [-0.15, -0.1) is 0 Å². The van der Waals surface area contributed by atoms with Gasteiger partial charge in [0.15, 0.2) is 0 Å². The quantitative estimate of drug-likeness (QED) is 0.356. The lowest BCUT2D eigenvalue weighted by atomic mass is 9.37. The molecule has 0 saturated heterocycles. The largest absolute Gasteiger partial charge is 0.496 e. The molecule has 1 aliphatic rings. The molecule has 0 aliphatic heterocycles. The molecular formula is C30H30BN3O. The van der Waals surface area contributed by atoms with Crippen molar-refractivity contribution >= 4 is 28.9 Å². The molecule has 1 fully saturated rings. The molecule has 0 radical (unpaired) electrons. The highest BCUT2D eigenvalue weighted by Gasteiger charge is 2.35. The van der Waals surface area contributed by atoms with E-state index in [-0.39, 0.29) is 6.71 Å². The van der Waals surface area contributed by atoms with Crippen LogP contribution in [0.15, 0.2) is 97.5 Å². The first-order valence-corrected chi connectivity index (χ1v) is 12.5. The van der Waals surface area contributed by atoms with Crippen LogP contribution in [0.25, 0.3) is 11.0 Å². The second-order valence-corrected chi connectivity index (χ2v) is 9.02. The average Bonchev–Trinajstić information content (AvgIpc) is 2.95. The van der Waals surface area contributed by atoms with Crippen LogP contribution in [0, 0.1) is 5.92 Å². The number of methoxy groups -OCH3 is 1. The van der Waals surface area contributed by atoms with Crippen LogP contribution >= 0.6 is 0 Å². The summed E-state index contributed by atoms with van der Waals surface area (Å²) in [6, 6.07) is 26.8. The van der Waals surface area contributed by atoms with Crippen LogP contribution in [0.1, 0.15) is 43.4 Å². The lowest BCUT2D eigenvalue weighted by molar-refractivity contribution is 0.407. The minimum Gasteiger partial charge on any atom is -0.496 e. The monoisotopic (exact) mass is 459 g/mol. The fraction of sp³-hybridized carbons (Fsp3) is 0.233. The Morgan fingerprint density at radius 1 is 0.714 bits per heavy atom. The molecule has 0 bridgehead atoms. The molecule has 4 nitrogen and oxygen atoms in total. The number of benzene rings is 1. The highest BCUT2D eigenvalue weighted by Crippen LogP contribution is 2.43. The Morgan fingerprint density at radius 2 is 1.31 bits per heavy atom. The van der Waals surface area contributed by atoms with E-state index in [0.717, 1.165) is 41.0 Å². The minimum absolute atomic E-state index is 0.158. The van der Waals surface area contributed by atoms with Crippen molar-refractivity contribution in [2.24, 2.45) is 5.92 Å². The molecule has 5 heteroatoms. The van der Waals surface area contributed by atoms with Gasteiger partial charge in [0.1, 0.15) is 5.75 Å². The maximum Gasteiger partial charge on any atom is 0.290 e. The van der Waals surface area contributed by atoms with E-state index in [1.54, 1.807) is 7.11 Å². The first-order valence-electron chi connectivity index (χ1n) is 12.5. The third-order valence-electron chi connectivity index (χ3n) is 6.90. The summed E-state index contributed by atoms with van der Waals surface area (Å²) < 4.78 is 5.91. The lowest BCUT2D eigenvalue weighted by Crippen LogP contribution is -2.47. The van der Waals surface area contributed by atoms with Crippen LogP contribution in [0.5, 0.6) is 5.75 Å². The topological polar surface area (TPSA) is 47.9 Å². The van der Waals surface area contributed by atoms with E-state index in [9.17, 15) is 0 Å². The molecule has 1 saturated carbocycles. The minimum atomic E-state index is -0.158. The molecule has 0 N–H and O–H groups in total. The van der Waals surface area contributed by atoms with Gasteiger partial charge in [-0.05, 0) is 72.3 Å². The van der Waals surface area contributed by atoms with E-state index in [0.29, 0.717) is 5.92 Å². The first kappa shape index (κ1) is 23.0. The zero-order valence-electron chi connectivity index (χ0n) is 20.2. The van der Waals surface area contributed by atoms with E-state index in [1.807, 2.05) is 42.9 Å². The Balaban J connectivity index is 1.87. The van der Waals surface area contributed by atoms with E-state index in [1.165, 1.54) is 30.3 Å². The molecule has 35 heavy (non-hydrogen) atoms. The van der Waals surface area contributed by atoms with E-state index in [4.69, 9.17) is 19.7 Å². The van der Waals surface area contributed by atoms with Crippen LogP contribution in [0.4, 0.5) is 0 Å². The van der Waals surface area contributed by atoms with Crippen molar-refractivity contribution in [3.63, 3.8) is 0 Å². The Labute approximate surface area is 208 Å². The van der Waals surface area contributed by atoms with Gasteiger partial charge in [-0.3, -0.25) is 15.0 Å². The van der Waals surface area contributed by atoms with Crippen LogP contribution in [0.3, 0.4) is 0 Å². The maximum absolute atomic E-state index is 5.91. The lowest BCUT2D eigenvalue weighted by Gasteiger charge is -2.30. The molecule has 174 valence electrons. The highest BCUT2D eigenvalue weighted by atomic mass is 16.5. The molecule has 3 aromatic heterocycles. The predicted octanol–water partition coefficient (Wildman–Crippen LogP) is 5.22. The van der Waals surface area contributed by atoms with Crippen molar-refractivity contribution in [3.8, 4) is 5.75 Å². The predicted molar refractivity (Wildman–Crippen MR) is 144 cm³/mol. The fourth-order valence-electron chi connectivity index (χ4n) is 5.35. The van der Waals surface area contributed by atoms with E-state index in [2.05, 4.69) is 54.6 Å². The van der Waals surface area contributed by atoms with Crippen LogP contribution in [0.2, 0.25) is 0 Å². The summed E-state index contributed by atoms with van der Waals surface area (Å²) in [6.07, 6.45) is 11.7. The van der Waals surface area contributed by atoms with E-state index < -0.39 is 0 Å². The molecule has 0 spiro atoms. The molecule has 0 amide bonds. The summed E-state index contributed by atoms with van der Waals surface area (Å²) in [4.78, 5) is 14.6. The molecular weight excluding hydrogens is 429 g/mol. The third kappa shape index (κ3) is 5.04. The van der Waals surface area contributed by atoms with Crippen LogP contribution in [-0.2, 0) is 0 Å². The van der Waals surface area contributed by atoms with Gasteiger partial charge in [0.25, 0.3) is 6.71 Å². The second kappa shape index (κ2) is 11.1. The number of aromatic nitrogens is 3. The van der Waals surface area contributed by atoms with Crippen molar-refractivity contribution in [1.29, 1.82) is 0 Å². The maximum atomic E-state index is 5.91.